The molecule has 0 N–H and O–H groups in total. The molecule has 0 saturated carbocycles. The topological polar surface area (TPSA) is 32.3 Å². The van der Waals surface area contributed by atoms with Crippen molar-refractivity contribution in [2.75, 3.05) is 19.6 Å². The minimum atomic E-state index is -0.996. The highest BCUT2D eigenvalue weighted by Gasteiger charge is 2.10. The van der Waals surface area contributed by atoms with E-state index >= 15 is 0 Å². The van der Waals surface area contributed by atoms with Gasteiger partial charge in [0.05, 0.1) is 12.1 Å². The molecule has 0 aromatic heterocycles. The summed E-state index contributed by atoms with van der Waals surface area (Å²) in [6.45, 7) is 0. The number of methoxy groups -OCH3 is 1. The molecule has 0 aliphatic rings. The highest BCUT2D eigenvalue weighted by molar-refractivity contribution is 8.18. The summed E-state index contributed by atoms with van der Waals surface area (Å²) >= 11 is 6.60. The zero-order chi connectivity index (χ0) is 12.1. The molecule has 0 amide bonds. The van der Waals surface area contributed by atoms with Crippen molar-refractivity contribution in [2.45, 2.75) is 0 Å². The van der Waals surface area contributed by atoms with E-state index in [9.17, 15) is 4.55 Å². The van der Waals surface area contributed by atoms with Crippen molar-refractivity contribution in [3.63, 3.8) is 0 Å². The van der Waals surface area contributed by atoms with Gasteiger partial charge in [-0.25, -0.2) is 0 Å². The molecule has 2 nitrogen and oxygen atoms in total. The zero-order valence-corrected chi connectivity index (χ0v) is 11.7. The van der Waals surface area contributed by atoms with Gasteiger partial charge in [0.2, 0.25) is 0 Å². The third-order valence-corrected chi connectivity index (χ3v) is 4.78. The van der Waals surface area contributed by atoms with E-state index in [1.54, 1.807) is 19.4 Å². The Morgan fingerprint density at radius 2 is 2.25 bits per heavy atom. The number of hydrogen-bond acceptors (Lipinski definition) is 3. The SMILES string of the molecule is COc1cccc(/C=C(\SC)[S+](C)[O-])c1Cl. The summed E-state index contributed by atoms with van der Waals surface area (Å²) in [6.07, 6.45) is 5.36. The number of halogens is 1. The molecule has 1 unspecified atom stereocenters. The first-order chi connectivity index (χ1) is 7.60. The Morgan fingerprint density at radius 1 is 1.56 bits per heavy atom. The molecule has 0 radical (unpaired) electrons. The Balaban J connectivity index is 3.13. The van der Waals surface area contributed by atoms with E-state index in [2.05, 4.69) is 0 Å². The lowest BCUT2D eigenvalue weighted by molar-refractivity contribution is 0.415. The zero-order valence-electron chi connectivity index (χ0n) is 9.32. The van der Waals surface area contributed by atoms with E-state index in [4.69, 9.17) is 16.3 Å². The van der Waals surface area contributed by atoms with E-state index in [0.29, 0.717) is 10.8 Å². The van der Waals surface area contributed by atoms with E-state index in [0.717, 1.165) is 9.80 Å². The van der Waals surface area contributed by atoms with E-state index < -0.39 is 11.2 Å². The predicted molar refractivity (Wildman–Crippen MR) is 73.6 cm³/mol. The van der Waals surface area contributed by atoms with Gasteiger partial charge in [0.15, 0.2) is 4.24 Å². The quantitative estimate of drug-likeness (QED) is 0.790. The molecule has 5 heteroatoms. The van der Waals surface area contributed by atoms with Gasteiger partial charge >= 0.3 is 0 Å². The van der Waals surface area contributed by atoms with Gasteiger partial charge in [0.25, 0.3) is 0 Å². The second-order valence-corrected chi connectivity index (χ2v) is 5.82. The molecule has 0 fully saturated rings. The van der Waals surface area contributed by atoms with Gasteiger partial charge in [-0.1, -0.05) is 35.5 Å². The number of benzene rings is 1. The molecule has 88 valence electrons. The number of hydrogen-bond donors (Lipinski definition) is 0. The van der Waals surface area contributed by atoms with Crippen molar-refractivity contribution < 1.29 is 9.29 Å². The van der Waals surface area contributed by atoms with Crippen LogP contribution in [0.1, 0.15) is 5.56 Å². The van der Waals surface area contributed by atoms with Crippen LogP contribution in [0.15, 0.2) is 22.4 Å². The van der Waals surface area contributed by atoms with Crippen LogP contribution in [-0.4, -0.2) is 24.2 Å². The van der Waals surface area contributed by atoms with Gasteiger partial charge in [0.1, 0.15) is 12.0 Å². The number of thioether (sulfide) groups is 1. The fourth-order valence-electron chi connectivity index (χ4n) is 1.18. The van der Waals surface area contributed by atoms with Crippen molar-refractivity contribution in [3.05, 3.63) is 33.0 Å². The van der Waals surface area contributed by atoms with Gasteiger partial charge < -0.3 is 9.29 Å². The van der Waals surface area contributed by atoms with Crippen LogP contribution in [-0.2, 0) is 11.2 Å². The molecular weight excluding hydrogens is 264 g/mol. The van der Waals surface area contributed by atoms with Crippen LogP contribution in [0.3, 0.4) is 0 Å². The van der Waals surface area contributed by atoms with Gasteiger partial charge in [0, 0.05) is 11.6 Å². The van der Waals surface area contributed by atoms with Crippen molar-refractivity contribution in [3.8, 4) is 5.75 Å². The monoisotopic (exact) mass is 276 g/mol. The molecule has 0 spiro atoms. The second-order valence-electron chi connectivity index (χ2n) is 2.99. The summed E-state index contributed by atoms with van der Waals surface area (Å²) < 4.78 is 17.3. The average molecular weight is 277 g/mol. The lowest BCUT2D eigenvalue weighted by Crippen LogP contribution is -1.97. The third-order valence-electron chi connectivity index (χ3n) is 1.97. The lowest BCUT2D eigenvalue weighted by atomic mass is 10.2. The highest BCUT2D eigenvalue weighted by Crippen LogP contribution is 2.31. The van der Waals surface area contributed by atoms with Crippen LogP contribution >= 0.6 is 23.4 Å². The Morgan fingerprint density at radius 3 is 2.75 bits per heavy atom. The normalized spacial score (nSPS) is 13.7. The Kier molecular flexibility index (Phi) is 5.55. The third kappa shape index (κ3) is 3.35. The largest absolute Gasteiger partial charge is 0.611 e. The summed E-state index contributed by atoms with van der Waals surface area (Å²) in [5, 5.41) is 0.544. The van der Waals surface area contributed by atoms with Crippen LogP contribution in [0.2, 0.25) is 5.02 Å². The molecule has 1 aromatic carbocycles. The van der Waals surface area contributed by atoms with Crippen LogP contribution in [0.4, 0.5) is 0 Å². The molecule has 0 heterocycles. The van der Waals surface area contributed by atoms with Crippen molar-refractivity contribution in [2.24, 2.45) is 0 Å². The molecule has 1 rings (SSSR count). The van der Waals surface area contributed by atoms with E-state index in [1.807, 2.05) is 24.5 Å². The molecule has 0 saturated heterocycles. The minimum absolute atomic E-state index is 0.544. The Hall–Kier alpha value is -0.290. The first-order valence-electron chi connectivity index (χ1n) is 4.51. The molecular formula is C11H13ClO2S2. The molecule has 16 heavy (non-hydrogen) atoms. The van der Waals surface area contributed by atoms with Crippen LogP contribution in [0.5, 0.6) is 5.75 Å². The highest BCUT2D eigenvalue weighted by atomic mass is 35.5. The average Bonchev–Trinajstić information content (AvgIpc) is 2.27. The summed E-state index contributed by atoms with van der Waals surface area (Å²) in [4.78, 5) is 0. The smallest absolute Gasteiger partial charge is 0.186 e. The fraction of sp³-hybridized carbons (Fsp3) is 0.273. The predicted octanol–water partition coefficient (Wildman–Crippen LogP) is 3.39. The maximum atomic E-state index is 11.4. The van der Waals surface area contributed by atoms with Crippen molar-refractivity contribution in [1.29, 1.82) is 0 Å². The first kappa shape index (κ1) is 13.8. The number of ether oxygens (including phenoxy) is 1. The van der Waals surface area contributed by atoms with Crippen LogP contribution < -0.4 is 4.74 Å². The Labute approximate surface area is 108 Å². The Bertz CT molecular complexity index is 392. The number of rotatable bonds is 4. The van der Waals surface area contributed by atoms with Crippen LogP contribution in [0.25, 0.3) is 6.08 Å². The fourth-order valence-corrected chi connectivity index (χ4v) is 2.92. The van der Waals surface area contributed by atoms with Gasteiger partial charge in [-0.2, -0.15) is 0 Å². The van der Waals surface area contributed by atoms with Crippen LogP contribution in [0, 0.1) is 0 Å². The van der Waals surface area contributed by atoms with Crippen molar-refractivity contribution in [1.82, 2.24) is 0 Å². The molecule has 1 aromatic rings. The van der Waals surface area contributed by atoms with Gasteiger partial charge in [-0.15, -0.1) is 0 Å². The minimum Gasteiger partial charge on any atom is -0.611 e. The molecule has 0 bridgehead atoms. The molecule has 0 aliphatic carbocycles. The summed E-state index contributed by atoms with van der Waals surface area (Å²) in [6, 6.07) is 5.52. The lowest BCUT2D eigenvalue weighted by Gasteiger charge is -2.08. The van der Waals surface area contributed by atoms with Crippen molar-refractivity contribution >= 4 is 40.6 Å². The van der Waals surface area contributed by atoms with E-state index in [-0.39, 0.29) is 0 Å². The summed E-state index contributed by atoms with van der Waals surface area (Å²) in [5.74, 6) is 0.623. The maximum Gasteiger partial charge on any atom is 0.186 e. The summed E-state index contributed by atoms with van der Waals surface area (Å²) in [7, 11) is 1.57. The maximum absolute atomic E-state index is 11.4. The first-order valence-corrected chi connectivity index (χ1v) is 7.67. The summed E-state index contributed by atoms with van der Waals surface area (Å²) in [5.41, 5.74) is 0.820. The standard InChI is InChI=1S/C11H13ClO2S2/c1-14-9-6-4-5-8(11(9)12)7-10(15-2)16(3)13/h4-7H,1-3H3/b10-7+. The molecule has 1 atom stereocenters. The van der Waals surface area contributed by atoms with E-state index in [1.165, 1.54) is 11.8 Å². The molecule has 0 aliphatic heterocycles. The second kappa shape index (κ2) is 6.45. The van der Waals surface area contributed by atoms with Gasteiger partial charge in [-0.05, 0) is 23.5 Å². The van der Waals surface area contributed by atoms with Gasteiger partial charge in [-0.3, -0.25) is 0 Å².